The van der Waals surface area contributed by atoms with Crippen molar-refractivity contribution in [2.75, 3.05) is 0 Å². The van der Waals surface area contributed by atoms with Crippen LogP contribution in [0.15, 0.2) is 315 Å². The minimum absolute atomic E-state index is 0.0213. The van der Waals surface area contributed by atoms with Crippen LogP contribution in [0.5, 0.6) is 46.0 Å². The molecule has 15 aromatic rings. The van der Waals surface area contributed by atoms with Gasteiger partial charge in [-0.15, -0.1) is 0 Å². The van der Waals surface area contributed by atoms with E-state index in [4.69, 9.17) is 0 Å². The minimum atomic E-state index is -0.671. The highest BCUT2D eigenvalue weighted by atomic mass is 16.3. The van der Waals surface area contributed by atoms with Gasteiger partial charge in [0.2, 0.25) is 0 Å². The first kappa shape index (κ1) is 66.2. The zero-order valence-corrected chi connectivity index (χ0v) is 54.1. The summed E-state index contributed by atoms with van der Waals surface area (Å²) in [6.45, 7) is 11.9. The number of para-hydroxylation sites is 2. The van der Waals surface area contributed by atoms with Crippen LogP contribution in [-0.4, -0.2) is 40.9 Å². The van der Waals surface area contributed by atoms with Crippen molar-refractivity contribution in [3.05, 3.63) is 349 Å². The molecule has 0 radical (unpaired) electrons. The van der Waals surface area contributed by atoms with Crippen molar-refractivity contribution in [2.45, 2.75) is 57.8 Å². The molecule has 474 valence electrons. The lowest BCUT2D eigenvalue weighted by molar-refractivity contribution is 0.422. The standard InChI is InChI=1S/C15H16O4.2C15H16O2.3C14H10/c1-15(2,11-5-3-9(16)7-13(11)18)12-6-4-10(17)8-14(12)19;1-15(2,11-3-7-13(16)8-4-11)12-5-9-14(17)10-6-12;1-15(2,11-7-3-5-9-13(11)16)12-8-4-6-10-14(12)17;3*1-3-7-13-11(5-1)9-10-12-6-2-4-8-14(12)13/h3-8,16-19H,1-2H3;2*3-10,16-17H,1-2H3;3*1-10H. The number of benzene rings is 15. The molecule has 0 bridgehead atoms. The van der Waals surface area contributed by atoms with E-state index in [1.54, 1.807) is 60.7 Å². The summed E-state index contributed by atoms with van der Waals surface area (Å²) in [5, 5.41) is 92.9. The van der Waals surface area contributed by atoms with Crippen LogP contribution in [0.1, 0.15) is 74.9 Å². The molecular formula is C87H78O8. The monoisotopic (exact) mass is 1250 g/mol. The van der Waals surface area contributed by atoms with Crippen molar-refractivity contribution >= 4 is 64.6 Å². The zero-order valence-electron chi connectivity index (χ0n) is 54.1. The van der Waals surface area contributed by atoms with Crippen molar-refractivity contribution in [2.24, 2.45) is 0 Å². The summed E-state index contributed by atoms with van der Waals surface area (Å²) in [4.78, 5) is 0. The molecule has 8 nitrogen and oxygen atoms in total. The van der Waals surface area contributed by atoms with Crippen molar-refractivity contribution in [1.82, 2.24) is 0 Å². The van der Waals surface area contributed by atoms with Crippen LogP contribution < -0.4 is 0 Å². The van der Waals surface area contributed by atoms with E-state index in [0.29, 0.717) is 11.1 Å². The summed E-state index contributed by atoms with van der Waals surface area (Å²) in [5.41, 5.74) is 3.76. The van der Waals surface area contributed by atoms with E-state index < -0.39 is 10.8 Å². The third-order valence-electron chi connectivity index (χ3n) is 17.6. The number of phenolic OH excluding ortho intramolecular Hbond substituents is 8. The van der Waals surface area contributed by atoms with Gasteiger partial charge in [0, 0.05) is 50.6 Å². The Morgan fingerprint density at radius 2 is 0.389 bits per heavy atom. The third-order valence-corrected chi connectivity index (χ3v) is 17.6. The fourth-order valence-electron chi connectivity index (χ4n) is 12.2. The van der Waals surface area contributed by atoms with E-state index >= 15 is 0 Å². The first-order valence-electron chi connectivity index (χ1n) is 31.5. The minimum Gasteiger partial charge on any atom is -0.508 e. The third kappa shape index (κ3) is 15.4. The highest BCUT2D eigenvalue weighted by Crippen LogP contribution is 2.43. The number of hydrogen-bond acceptors (Lipinski definition) is 8. The van der Waals surface area contributed by atoms with Gasteiger partial charge < -0.3 is 40.9 Å². The normalized spacial score (nSPS) is 11.2. The molecule has 0 heterocycles. The molecule has 0 aliphatic rings. The van der Waals surface area contributed by atoms with Crippen LogP contribution >= 0.6 is 0 Å². The lowest BCUT2D eigenvalue weighted by atomic mass is 9.77. The van der Waals surface area contributed by atoms with Crippen molar-refractivity contribution in [3.63, 3.8) is 0 Å². The second-order valence-electron chi connectivity index (χ2n) is 24.9. The average Bonchev–Trinajstić information content (AvgIpc) is 0.827. The molecule has 8 heteroatoms. The summed E-state index contributed by atoms with van der Waals surface area (Å²) in [7, 11) is 0. The molecule has 0 aliphatic heterocycles. The predicted molar refractivity (Wildman–Crippen MR) is 393 cm³/mol. The number of phenols is 8. The fraction of sp³-hybridized carbons (Fsp3) is 0.103. The molecule has 8 N–H and O–H groups in total. The number of hydrogen-bond donors (Lipinski definition) is 8. The van der Waals surface area contributed by atoms with Gasteiger partial charge in [-0.3, -0.25) is 0 Å². The Bertz CT molecular complexity index is 4510. The largest absolute Gasteiger partial charge is 0.508 e. The van der Waals surface area contributed by atoms with Crippen molar-refractivity contribution in [3.8, 4) is 46.0 Å². The van der Waals surface area contributed by atoms with E-state index in [0.717, 1.165) is 22.3 Å². The van der Waals surface area contributed by atoms with Crippen molar-refractivity contribution in [1.29, 1.82) is 0 Å². The lowest BCUT2D eigenvalue weighted by Gasteiger charge is -2.27. The Morgan fingerprint density at radius 1 is 0.179 bits per heavy atom. The average molecular weight is 1250 g/mol. The van der Waals surface area contributed by atoms with Gasteiger partial charge in [-0.05, 0) is 124 Å². The predicted octanol–water partition coefficient (Wildman–Crippen LogP) is 21.7. The molecule has 0 aromatic heterocycles. The topological polar surface area (TPSA) is 162 Å². The van der Waals surface area contributed by atoms with E-state index in [1.807, 2.05) is 76.2 Å². The molecule has 0 saturated heterocycles. The molecule has 15 aromatic carbocycles. The lowest BCUT2D eigenvalue weighted by Crippen LogP contribution is -2.19. The number of rotatable bonds is 6. The van der Waals surface area contributed by atoms with Gasteiger partial charge in [-0.25, -0.2) is 0 Å². The van der Waals surface area contributed by atoms with Gasteiger partial charge in [0.15, 0.2) is 0 Å². The van der Waals surface area contributed by atoms with Gasteiger partial charge in [0.1, 0.15) is 46.0 Å². The first-order valence-corrected chi connectivity index (χ1v) is 31.5. The number of fused-ring (bicyclic) bond motifs is 9. The van der Waals surface area contributed by atoms with Gasteiger partial charge in [0.05, 0.1) is 0 Å². The van der Waals surface area contributed by atoms with E-state index in [1.165, 1.54) is 88.9 Å². The second kappa shape index (κ2) is 29.3. The maximum absolute atomic E-state index is 9.94. The van der Waals surface area contributed by atoms with Crippen LogP contribution in [-0.2, 0) is 16.2 Å². The fourth-order valence-corrected chi connectivity index (χ4v) is 12.2. The van der Waals surface area contributed by atoms with Crippen LogP contribution in [0.2, 0.25) is 0 Å². The van der Waals surface area contributed by atoms with E-state index in [-0.39, 0.29) is 51.4 Å². The highest BCUT2D eigenvalue weighted by Gasteiger charge is 2.30. The zero-order chi connectivity index (χ0) is 67.3. The first-order chi connectivity index (χ1) is 45.7. The van der Waals surface area contributed by atoms with Crippen molar-refractivity contribution < 1.29 is 40.9 Å². The Kier molecular flexibility index (Phi) is 20.4. The highest BCUT2D eigenvalue weighted by molar-refractivity contribution is 6.09. The Morgan fingerprint density at radius 3 is 0.632 bits per heavy atom. The summed E-state index contributed by atoms with van der Waals surface area (Å²) in [6, 6.07) is 102. The molecule has 0 unspecified atom stereocenters. The van der Waals surface area contributed by atoms with Crippen LogP contribution in [0.3, 0.4) is 0 Å². The maximum atomic E-state index is 9.94. The van der Waals surface area contributed by atoms with Crippen LogP contribution in [0.4, 0.5) is 0 Å². The SMILES string of the molecule is CC(C)(c1ccc(O)cc1)c1ccc(O)cc1.CC(C)(c1ccc(O)cc1O)c1ccc(O)cc1O.CC(C)(c1ccccc1O)c1ccccc1O.c1ccc2c(c1)ccc1ccccc12.c1ccc2c(c1)ccc1ccccc12.c1ccc2c(c1)ccc1ccccc12. The second-order valence-corrected chi connectivity index (χ2v) is 24.9. The van der Waals surface area contributed by atoms with E-state index in [2.05, 4.69) is 196 Å². The molecular weight excluding hydrogens is 1170 g/mol. The molecule has 0 amide bonds. The quantitative estimate of drug-likeness (QED) is 0.0764. The molecule has 15 rings (SSSR count). The summed E-state index contributed by atoms with van der Waals surface area (Å²) in [6.07, 6.45) is 0. The molecule has 0 fully saturated rings. The Labute approximate surface area is 555 Å². The molecule has 95 heavy (non-hydrogen) atoms. The van der Waals surface area contributed by atoms with Gasteiger partial charge in [-0.1, -0.05) is 296 Å². The molecule has 0 saturated carbocycles. The molecule has 0 spiro atoms. The molecule has 0 aliphatic carbocycles. The summed E-state index contributed by atoms with van der Waals surface area (Å²) < 4.78 is 0. The molecule has 0 atom stereocenters. The Balaban J connectivity index is 0.000000125. The van der Waals surface area contributed by atoms with Crippen LogP contribution in [0.25, 0.3) is 64.6 Å². The van der Waals surface area contributed by atoms with Gasteiger partial charge >= 0.3 is 0 Å². The Hall–Kier alpha value is -11.7. The summed E-state index contributed by atoms with van der Waals surface area (Å²) in [5.74, 6) is 0.918. The maximum Gasteiger partial charge on any atom is 0.123 e. The summed E-state index contributed by atoms with van der Waals surface area (Å²) >= 11 is 0. The van der Waals surface area contributed by atoms with Crippen LogP contribution in [0, 0.1) is 0 Å². The van der Waals surface area contributed by atoms with Gasteiger partial charge in [-0.2, -0.15) is 0 Å². The smallest absolute Gasteiger partial charge is 0.123 e. The van der Waals surface area contributed by atoms with Gasteiger partial charge in [0.25, 0.3) is 0 Å². The number of aromatic hydroxyl groups is 8. The van der Waals surface area contributed by atoms with E-state index in [9.17, 15) is 40.9 Å².